The van der Waals surface area contributed by atoms with Crippen molar-refractivity contribution >= 4 is 0 Å². The highest BCUT2D eigenvalue weighted by atomic mass is 16.5. The van der Waals surface area contributed by atoms with Crippen molar-refractivity contribution in [3.63, 3.8) is 0 Å². The van der Waals surface area contributed by atoms with Gasteiger partial charge in [-0.25, -0.2) is 0 Å². The molecule has 0 aromatic carbocycles. The lowest BCUT2D eigenvalue weighted by Gasteiger charge is -2.24. The molecule has 0 bridgehead atoms. The monoisotopic (exact) mass is 487 g/mol. The molecule has 206 valence electrons. The molecule has 0 fully saturated rings. The molecule has 0 aromatic heterocycles. The predicted molar refractivity (Wildman–Crippen MR) is 146 cm³/mol. The third-order valence-electron chi connectivity index (χ3n) is 6.37. The maximum absolute atomic E-state index is 6.19. The van der Waals surface area contributed by atoms with Gasteiger partial charge in [-0.05, 0) is 40.8 Å². The summed E-state index contributed by atoms with van der Waals surface area (Å²) in [4.78, 5) is 2.12. The molecule has 0 spiro atoms. The Kier molecular flexibility index (Phi) is 27.2. The number of rotatable bonds is 28. The molecular formula is C29H61NO4. The first kappa shape index (κ1) is 33.8. The zero-order valence-electron chi connectivity index (χ0n) is 23.8. The molecule has 0 aromatic rings. The fourth-order valence-corrected chi connectivity index (χ4v) is 4.15. The highest BCUT2D eigenvalue weighted by Gasteiger charge is 2.17. The quantitative estimate of drug-likeness (QED) is 0.109. The van der Waals surface area contributed by atoms with E-state index >= 15 is 0 Å². The van der Waals surface area contributed by atoms with E-state index < -0.39 is 0 Å². The Balaban J connectivity index is 3.66. The van der Waals surface area contributed by atoms with Gasteiger partial charge in [-0.3, -0.25) is 0 Å². The van der Waals surface area contributed by atoms with Gasteiger partial charge in [0.05, 0.1) is 32.0 Å². The SMILES string of the molecule is CCCCCCCCCCCCCCCC(OCCCOCCOCCN(C)C)C(C)OCC. The van der Waals surface area contributed by atoms with Crippen LogP contribution in [0.15, 0.2) is 0 Å². The number of hydrogen-bond donors (Lipinski definition) is 0. The zero-order chi connectivity index (χ0) is 25.1. The number of ether oxygens (including phenoxy) is 4. The van der Waals surface area contributed by atoms with Crippen molar-refractivity contribution < 1.29 is 18.9 Å². The fraction of sp³-hybridized carbons (Fsp3) is 1.00. The second-order valence-corrected chi connectivity index (χ2v) is 9.98. The van der Waals surface area contributed by atoms with Crippen LogP contribution in [-0.4, -0.2) is 77.4 Å². The lowest BCUT2D eigenvalue weighted by Crippen LogP contribution is -2.30. The maximum Gasteiger partial charge on any atom is 0.0833 e. The minimum absolute atomic E-state index is 0.161. The molecule has 0 amide bonds. The van der Waals surface area contributed by atoms with Gasteiger partial charge in [0.1, 0.15) is 0 Å². The van der Waals surface area contributed by atoms with Gasteiger partial charge in [0.25, 0.3) is 0 Å². The summed E-state index contributed by atoms with van der Waals surface area (Å²) in [6.45, 7) is 11.7. The number of hydrogen-bond acceptors (Lipinski definition) is 5. The first-order valence-electron chi connectivity index (χ1n) is 14.6. The van der Waals surface area contributed by atoms with Crippen molar-refractivity contribution in [2.45, 2.75) is 129 Å². The third kappa shape index (κ3) is 24.9. The van der Waals surface area contributed by atoms with Crippen LogP contribution in [0.3, 0.4) is 0 Å². The summed E-state index contributed by atoms with van der Waals surface area (Å²) in [5.74, 6) is 0. The van der Waals surface area contributed by atoms with Crippen LogP contribution in [0.2, 0.25) is 0 Å². The summed E-state index contributed by atoms with van der Waals surface area (Å²) in [6.07, 6.45) is 20.4. The van der Waals surface area contributed by atoms with Gasteiger partial charge in [-0.15, -0.1) is 0 Å². The van der Waals surface area contributed by atoms with Crippen molar-refractivity contribution in [3.8, 4) is 0 Å². The van der Waals surface area contributed by atoms with E-state index in [9.17, 15) is 0 Å². The van der Waals surface area contributed by atoms with E-state index in [-0.39, 0.29) is 12.2 Å². The van der Waals surface area contributed by atoms with Crippen LogP contribution >= 0.6 is 0 Å². The van der Waals surface area contributed by atoms with Crippen LogP contribution in [0, 0.1) is 0 Å². The summed E-state index contributed by atoms with van der Waals surface area (Å²) < 4.78 is 23.2. The Bertz CT molecular complexity index is 381. The highest BCUT2D eigenvalue weighted by molar-refractivity contribution is 4.67. The normalized spacial score (nSPS) is 13.6. The summed E-state index contributed by atoms with van der Waals surface area (Å²) in [6, 6.07) is 0. The molecule has 34 heavy (non-hydrogen) atoms. The molecule has 0 heterocycles. The minimum atomic E-state index is 0.161. The molecule has 0 N–H and O–H groups in total. The summed E-state index contributed by atoms with van der Waals surface area (Å²) in [5, 5.41) is 0. The van der Waals surface area contributed by atoms with Gasteiger partial charge in [0.2, 0.25) is 0 Å². The second-order valence-electron chi connectivity index (χ2n) is 9.98. The maximum atomic E-state index is 6.19. The third-order valence-corrected chi connectivity index (χ3v) is 6.37. The van der Waals surface area contributed by atoms with Crippen LogP contribution in [0.4, 0.5) is 0 Å². The van der Waals surface area contributed by atoms with Crippen LogP contribution in [0.1, 0.15) is 117 Å². The Morgan fingerprint density at radius 2 is 1.09 bits per heavy atom. The Hall–Kier alpha value is -0.200. The van der Waals surface area contributed by atoms with Crippen LogP contribution in [-0.2, 0) is 18.9 Å². The van der Waals surface area contributed by atoms with Gasteiger partial charge in [0.15, 0.2) is 0 Å². The van der Waals surface area contributed by atoms with Gasteiger partial charge < -0.3 is 23.8 Å². The van der Waals surface area contributed by atoms with Crippen molar-refractivity contribution in [1.82, 2.24) is 4.90 Å². The summed E-state index contributed by atoms with van der Waals surface area (Å²) in [5.41, 5.74) is 0. The van der Waals surface area contributed by atoms with E-state index in [2.05, 4.69) is 39.8 Å². The Morgan fingerprint density at radius 1 is 0.559 bits per heavy atom. The average molecular weight is 488 g/mol. The van der Waals surface area contributed by atoms with Gasteiger partial charge in [-0.1, -0.05) is 90.4 Å². The van der Waals surface area contributed by atoms with Gasteiger partial charge in [0, 0.05) is 26.4 Å². The Labute approximate surface area is 213 Å². The summed E-state index contributed by atoms with van der Waals surface area (Å²) in [7, 11) is 4.11. The average Bonchev–Trinajstić information content (AvgIpc) is 2.81. The molecular weight excluding hydrogens is 426 g/mol. The second kappa shape index (κ2) is 27.4. The molecule has 0 rings (SSSR count). The Morgan fingerprint density at radius 3 is 1.62 bits per heavy atom. The fourth-order valence-electron chi connectivity index (χ4n) is 4.15. The predicted octanol–water partition coefficient (Wildman–Crippen LogP) is 7.26. The molecule has 0 radical (unpaired) electrons. The zero-order valence-corrected chi connectivity index (χ0v) is 23.8. The number of unbranched alkanes of at least 4 members (excludes halogenated alkanes) is 12. The first-order chi connectivity index (χ1) is 16.6. The van der Waals surface area contributed by atoms with E-state index in [4.69, 9.17) is 18.9 Å². The molecule has 2 atom stereocenters. The lowest BCUT2D eigenvalue weighted by molar-refractivity contribution is -0.0703. The molecule has 5 nitrogen and oxygen atoms in total. The highest BCUT2D eigenvalue weighted by Crippen LogP contribution is 2.16. The molecule has 0 aliphatic rings. The number of likely N-dealkylation sites (N-methyl/N-ethyl adjacent to an activating group) is 1. The van der Waals surface area contributed by atoms with Crippen LogP contribution in [0.25, 0.3) is 0 Å². The van der Waals surface area contributed by atoms with Crippen molar-refractivity contribution in [2.24, 2.45) is 0 Å². The van der Waals surface area contributed by atoms with E-state index in [1.54, 1.807) is 0 Å². The van der Waals surface area contributed by atoms with E-state index in [1.807, 2.05) is 0 Å². The molecule has 0 aliphatic carbocycles. The molecule has 0 saturated carbocycles. The van der Waals surface area contributed by atoms with Gasteiger partial charge >= 0.3 is 0 Å². The molecule has 5 heteroatoms. The van der Waals surface area contributed by atoms with Crippen LogP contribution < -0.4 is 0 Å². The minimum Gasteiger partial charge on any atom is -0.379 e. The molecule has 2 unspecified atom stereocenters. The largest absolute Gasteiger partial charge is 0.379 e. The van der Waals surface area contributed by atoms with Crippen LogP contribution in [0.5, 0.6) is 0 Å². The smallest absolute Gasteiger partial charge is 0.0833 e. The van der Waals surface area contributed by atoms with Crippen molar-refractivity contribution in [2.75, 3.05) is 60.3 Å². The molecule has 0 aliphatic heterocycles. The topological polar surface area (TPSA) is 40.2 Å². The van der Waals surface area contributed by atoms with E-state index in [0.29, 0.717) is 13.2 Å². The summed E-state index contributed by atoms with van der Waals surface area (Å²) >= 11 is 0. The standard InChI is InChI=1S/C29H61NO4/c1-6-8-9-10-11-12-13-14-15-16-17-18-19-21-29(28(3)33-7-2)34-24-20-23-31-26-27-32-25-22-30(4)5/h28-29H,6-27H2,1-5H3. The molecule has 0 saturated heterocycles. The van der Waals surface area contributed by atoms with Gasteiger partial charge in [-0.2, -0.15) is 0 Å². The van der Waals surface area contributed by atoms with Crippen molar-refractivity contribution in [3.05, 3.63) is 0 Å². The van der Waals surface area contributed by atoms with E-state index in [0.717, 1.165) is 45.8 Å². The lowest BCUT2D eigenvalue weighted by atomic mass is 10.0. The van der Waals surface area contributed by atoms with E-state index in [1.165, 1.54) is 83.5 Å². The number of nitrogens with zero attached hydrogens (tertiary/aromatic N) is 1. The van der Waals surface area contributed by atoms with Crippen molar-refractivity contribution in [1.29, 1.82) is 0 Å². The first-order valence-corrected chi connectivity index (χ1v) is 14.6.